The van der Waals surface area contributed by atoms with Gasteiger partial charge in [-0.2, -0.15) is 0 Å². The molecule has 2 rings (SSSR count). The van der Waals surface area contributed by atoms with Gasteiger partial charge in [-0.15, -0.1) is 0 Å². The number of carbonyl (C=O) groups is 2. The average molecular weight is 234 g/mol. The van der Waals surface area contributed by atoms with E-state index in [1.807, 2.05) is 0 Å². The SMILES string of the molecule is CCOC(=O)[C@@H]1C[C@H]1Oc1ccc(C=O)cc1. The summed E-state index contributed by atoms with van der Waals surface area (Å²) in [4.78, 5) is 21.8. The van der Waals surface area contributed by atoms with Gasteiger partial charge in [0.2, 0.25) is 0 Å². The first kappa shape index (κ1) is 11.6. The van der Waals surface area contributed by atoms with Crippen molar-refractivity contribution in [3.05, 3.63) is 29.8 Å². The molecule has 17 heavy (non-hydrogen) atoms. The zero-order chi connectivity index (χ0) is 12.3. The molecule has 0 aromatic heterocycles. The predicted octanol–water partition coefficient (Wildman–Crippen LogP) is 1.83. The normalized spacial score (nSPS) is 21.7. The first-order valence-corrected chi connectivity index (χ1v) is 5.63. The van der Waals surface area contributed by atoms with Crippen LogP contribution in [-0.4, -0.2) is 25.0 Å². The molecule has 0 radical (unpaired) electrons. The van der Waals surface area contributed by atoms with Crippen molar-refractivity contribution in [2.24, 2.45) is 5.92 Å². The molecule has 1 aliphatic carbocycles. The molecule has 1 fully saturated rings. The lowest BCUT2D eigenvalue weighted by Gasteiger charge is -2.05. The second-order valence-corrected chi connectivity index (χ2v) is 3.94. The van der Waals surface area contributed by atoms with Crippen molar-refractivity contribution in [2.75, 3.05) is 6.61 Å². The molecule has 1 aromatic rings. The van der Waals surface area contributed by atoms with E-state index in [1.165, 1.54) is 0 Å². The predicted molar refractivity (Wildman–Crippen MR) is 61.0 cm³/mol. The molecule has 0 spiro atoms. The van der Waals surface area contributed by atoms with Crippen LogP contribution < -0.4 is 4.74 Å². The lowest BCUT2D eigenvalue weighted by molar-refractivity contribution is -0.145. The lowest BCUT2D eigenvalue weighted by Crippen LogP contribution is -2.12. The molecule has 0 saturated heterocycles. The van der Waals surface area contributed by atoms with Gasteiger partial charge in [-0.1, -0.05) is 0 Å². The molecule has 0 bridgehead atoms. The summed E-state index contributed by atoms with van der Waals surface area (Å²) in [5.74, 6) is 0.343. The quantitative estimate of drug-likeness (QED) is 0.576. The van der Waals surface area contributed by atoms with Crippen LogP contribution in [0.1, 0.15) is 23.7 Å². The lowest BCUT2D eigenvalue weighted by atomic mass is 10.2. The van der Waals surface area contributed by atoms with Crippen LogP contribution in [0.2, 0.25) is 0 Å². The van der Waals surface area contributed by atoms with E-state index in [2.05, 4.69) is 0 Å². The number of aldehydes is 1. The Morgan fingerprint density at radius 1 is 1.41 bits per heavy atom. The molecule has 0 heterocycles. The molecule has 0 unspecified atom stereocenters. The minimum Gasteiger partial charge on any atom is -0.490 e. The number of carbonyl (C=O) groups excluding carboxylic acids is 2. The number of hydrogen-bond donors (Lipinski definition) is 0. The van der Waals surface area contributed by atoms with E-state index in [1.54, 1.807) is 31.2 Å². The van der Waals surface area contributed by atoms with E-state index < -0.39 is 0 Å². The molecule has 1 aromatic carbocycles. The largest absolute Gasteiger partial charge is 0.490 e. The van der Waals surface area contributed by atoms with Crippen molar-refractivity contribution < 1.29 is 19.1 Å². The molecule has 1 saturated carbocycles. The maximum Gasteiger partial charge on any atom is 0.312 e. The maximum atomic E-state index is 11.4. The number of benzene rings is 1. The molecule has 0 aliphatic heterocycles. The number of ether oxygens (including phenoxy) is 2. The Kier molecular flexibility index (Phi) is 3.42. The van der Waals surface area contributed by atoms with E-state index in [-0.39, 0.29) is 18.0 Å². The van der Waals surface area contributed by atoms with Gasteiger partial charge in [0, 0.05) is 12.0 Å². The highest BCUT2D eigenvalue weighted by Crippen LogP contribution is 2.35. The van der Waals surface area contributed by atoms with Crippen LogP contribution in [0.15, 0.2) is 24.3 Å². The highest BCUT2D eigenvalue weighted by atomic mass is 16.5. The van der Waals surface area contributed by atoms with Gasteiger partial charge in [0.05, 0.1) is 12.5 Å². The summed E-state index contributed by atoms with van der Waals surface area (Å²) < 4.78 is 10.5. The molecular weight excluding hydrogens is 220 g/mol. The van der Waals surface area contributed by atoms with Gasteiger partial charge >= 0.3 is 5.97 Å². The van der Waals surface area contributed by atoms with Crippen LogP contribution in [-0.2, 0) is 9.53 Å². The van der Waals surface area contributed by atoms with Gasteiger partial charge in [0.1, 0.15) is 18.1 Å². The molecule has 0 amide bonds. The second-order valence-electron chi connectivity index (χ2n) is 3.94. The summed E-state index contributed by atoms with van der Waals surface area (Å²) in [5, 5.41) is 0. The summed E-state index contributed by atoms with van der Waals surface area (Å²) in [5.41, 5.74) is 0.607. The number of esters is 1. The van der Waals surface area contributed by atoms with Crippen LogP contribution in [0.5, 0.6) is 5.75 Å². The molecule has 4 heteroatoms. The van der Waals surface area contributed by atoms with Crippen molar-refractivity contribution in [1.29, 1.82) is 0 Å². The summed E-state index contributed by atoms with van der Waals surface area (Å²) in [7, 11) is 0. The first-order chi connectivity index (χ1) is 8.24. The fraction of sp³-hybridized carbons (Fsp3) is 0.385. The van der Waals surface area contributed by atoms with Gasteiger partial charge in [0.15, 0.2) is 0 Å². The summed E-state index contributed by atoms with van der Waals surface area (Å²) in [6.45, 7) is 2.18. The van der Waals surface area contributed by atoms with Gasteiger partial charge in [0.25, 0.3) is 0 Å². The highest BCUT2D eigenvalue weighted by Gasteiger charge is 2.46. The molecular formula is C13H14O4. The van der Waals surface area contributed by atoms with Crippen molar-refractivity contribution in [2.45, 2.75) is 19.4 Å². The summed E-state index contributed by atoms with van der Waals surface area (Å²) in [6.07, 6.45) is 1.40. The van der Waals surface area contributed by atoms with Crippen LogP contribution in [0, 0.1) is 5.92 Å². The Labute approximate surface area is 99.5 Å². The third-order valence-corrected chi connectivity index (χ3v) is 2.62. The van der Waals surface area contributed by atoms with Crippen molar-refractivity contribution in [1.82, 2.24) is 0 Å². The first-order valence-electron chi connectivity index (χ1n) is 5.63. The van der Waals surface area contributed by atoms with E-state index >= 15 is 0 Å². The molecule has 0 N–H and O–H groups in total. The minimum atomic E-state index is -0.193. The van der Waals surface area contributed by atoms with E-state index in [9.17, 15) is 9.59 Å². The topological polar surface area (TPSA) is 52.6 Å². The summed E-state index contributed by atoms with van der Waals surface area (Å²) in [6, 6.07) is 6.82. The van der Waals surface area contributed by atoms with Crippen LogP contribution >= 0.6 is 0 Å². The van der Waals surface area contributed by atoms with Gasteiger partial charge in [-0.25, -0.2) is 0 Å². The van der Waals surface area contributed by atoms with Crippen LogP contribution in [0.3, 0.4) is 0 Å². The van der Waals surface area contributed by atoms with Gasteiger partial charge < -0.3 is 9.47 Å². The highest BCUT2D eigenvalue weighted by molar-refractivity contribution is 5.76. The minimum absolute atomic E-state index is 0.0869. The fourth-order valence-electron chi connectivity index (χ4n) is 1.60. The smallest absolute Gasteiger partial charge is 0.312 e. The Morgan fingerprint density at radius 2 is 2.12 bits per heavy atom. The monoisotopic (exact) mass is 234 g/mol. The van der Waals surface area contributed by atoms with Gasteiger partial charge in [-0.3, -0.25) is 9.59 Å². The third kappa shape index (κ3) is 2.84. The van der Waals surface area contributed by atoms with Crippen molar-refractivity contribution in [3.8, 4) is 5.75 Å². The fourth-order valence-corrected chi connectivity index (χ4v) is 1.60. The van der Waals surface area contributed by atoms with Crippen LogP contribution in [0.25, 0.3) is 0 Å². The summed E-state index contributed by atoms with van der Waals surface area (Å²) >= 11 is 0. The van der Waals surface area contributed by atoms with E-state index in [0.29, 0.717) is 24.3 Å². The zero-order valence-electron chi connectivity index (χ0n) is 9.59. The maximum absolute atomic E-state index is 11.4. The Hall–Kier alpha value is -1.84. The zero-order valence-corrected chi connectivity index (χ0v) is 9.59. The molecule has 2 atom stereocenters. The Bertz CT molecular complexity index is 410. The second kappa shape index (κ2) is 4.99. The Morgan fingerprint density at radius 3 is 2.71 bits per heavy atom. The molecule has 1 aliphatic rings. The standard InChI is InChI=1S/C13H14O4/c1-2-16-13(15)11-7-12(11)17-10-5-3-9(8-14)4-6-10/h3-6,8,11-12H,2,7H2,1H3/t11-,12-/m1/s1. The van der Waals surface area contributed by atoms with Crippen molar-refractivity contribution in [3.63, 3.8) is 0 Å². The average Bonchev–Trinajstić information content (AvgIpc) is 3.10. The van der Waals surface area contributed by atoms with E-state index in [4.69, 9.17) is 9.47 Å². The number of rotatable bonds is 5. The van der Waals surface area contributed by atoms with Crippen molar-refractivity contribution >= 4 is 12.3 Å². The Balaban J connectivity index is 1.86. The number of hydrogen-bond acceptors (Lipinski definition) is 4. The van der Waals surface area contributed by atoms with E-state index in [0.717, 1.165) is 6.29 Å². The third-order valence-electron chi connectivity index (χ3n) is 2.62. The molecule has 90 valence electrons. The van der Waals surface area contributed by atoms with Gasteiger partial charge in [-0.05, 0) is 31.2 Å². The molecule has 4 nitrogen and oxygen atoms in total. The van der Waals surface area contributed by atoms with Crippen LogP contribution in [0.4, 0.5) is 0 Å².